The molecule has 3 nitrogen and oxygen atoms in total. The molecular formula is C23H36O3. The van der Waals surface area contributed by atoms with E-state index < -0.39 is 0 Å². The van der Waals surface area contributed by atoms with E-state index in [1.54, 1.807) is 0 Å². The van der Waals surface area contributed by atoms with Gasteiger partial charge in [0, 0.05) is 0 Å². The summed E-state index contributed by atoms with van der Waals surface area (Å²) in [5, 5.41) is 0. The minimum Gasteiger partial charge on any atom is -0.491 e. The Morgan fingerprint density at radius 1 is 0.962 bits per heavy atom. The summed E-state index contributed by atoms with van der Waals surface area (Å²) in [5.41, 5.74) is 1.39. The first-order valence-electron chi connectivity index (χ1n) is 10.8. The van der Waals surface area contributed by atoms with Crippen LogP contribution in [0.4, 0.5) is 0 Å². The summed E-state index contributed by atoms with van der Waals surface area (Å²) in [6.45, 7) is 3.81. The van der Waals surface area contributed by atoms with Crippen molar-refractivity contribution < 1.29 is 14.2 Å². The summed E-state index contributed by atoms with van der Waals surface area (Å²) in [4.78, 5) is 0. The quantitative estimate of drug-likeness (QED) is 0.297. The van der Waals surface area contributed by atoms with Gasteiger partial charge in [0.15, 0.2) is 0 Å². The maximum absolute atomic E-state index is 5.81. The second kappa shape index (κ2) is 10.9. The largest absolute Gasteiger partial charge is 0.491 e. The highest BCUT2D eigenvalue weighted by molar-refractivity contribution is 5.28. The average Bonchev–Trinajstić information content (AvgIpc) is 3.57. The summed E-state index contributed by atoms with van der Waals surface area (Å²) in [6.07, 6.45) is 15.9. The predicted molar refractivity (Wildman–Crippen MR) is 106 cm³/mol. The zero-order chi connectivity index (χ0) is 18.0. The number of hydrogen-bond donors (Lipinski definition) is 0. The smallest absolute Gasteiger partial charge is 0.119 e. The first-order valence-corrected chi connectivity index (χ1v) is 10.8. The maximum Gasteiger partial charge on any atom is 0.119 e. The fourth-order valence-corrected chi connectivity index (χ4v) is 3.63. The Labute approximate surface area is 159 Å². The van der Waals surface area contributed by atoms with E-state index in [9.17, 15) is 0 Å². The first-order chi connectivity index (χ1) is 12.8. The second-order valence-corrected chi connectivity index (χ2v) is 7.93. The van der Waals surface area contributed by atoms with Crippen molar-refractivity contribution in [3.05, 3.63) is 29.8 Å². The van der Waals surface area contributed by atoms with Gasteiger partial charge in [0.05, 0.1) is 18.8 Å². The van der Waals surface area contributed by atoms with Gasteiger partial charge in [-0.05, 0) is 43.4 Å². The third-order valence-corrected chi connectivity index (χ3v) is 5.47. The van der Waals surface area contributed by atoms with Crippen molar-refractivity contribution in [3.63, 3.8) is 0 Å². The Balaban J connectivity index is 1.17. The van der Waals surface area contributed by atoms with Gasteiger partial charge in [-0.3, -0.25) is 0 Å². The van der Waals surface area contributed by atoms with E-state index in [4.69, 9.17) is 14.2 Å². The predicted octanol–water partition coefficient (Wildman–Crippen LogP) is 5.70. The monoisotopic (exact) mass is 360 g/mol. The summed E-state index contributed by atoms with van der Waals surface area (Å²) >= 11 is 0. The van der Waals surface area contributed by atoms with Crippen LogP contribution in [-0.4, -0.2) is 31.5 Å². The van der Waals surface area contributed by atoms with E-state index in [2.05, 4.69) is 25.1 Å². The van der Waals surface area contributed by atoms with Crippen LogP contribution in [0.3, 0.4) is 0 Å². The van der Waals surface area contributed by atoms with E-state index in [-0.39, 0.29) is 0 Å². The van der Waals surface area contributed by atoms with Crippen molar-refractivity contribution >= 4 is 0 Å². The molecule has 0 saturated carbocycles. The molecule has 1 aromatic carbocycles. The molecule has 0 aromatic heterocycles. The molecule has 0 spiro atoms. The molecule has 0 aliphatic carbocycles. The molecular weight excluding hydrogens is 324 g/mol. The lowest BCUT2D eigenvalue weighted by atomic mass is 10.0. The van der Waals surface area contributed by atoms with Crippen LogP contribution in [0, 0.1) is 0 Å². The molecule has 1 aromatic rings. The fraction of sp³-hybridized carbons (Fsp3) is 0.739. The molecule has 3 unspecified atom stereocenters. The van der Waals surface area contributed by atoms with Gasteiger partial charge >= 0.3 is 0 Å². The normalized spacial score (nSPS) is 23.8. The van der Waals surface area contributed by atoms with Gasteiger partial charge in [0.2, 0.25) is 0 Å². The Hall–Kier alpha value is -1.06. The standard InChI is InChI=1S/C23H36O3/c1-2-3-4-8-14-22-23(26-22)15-9-6-5-7-11-19-12-10-13-20(16-19)24-17-21-18-25-21/h10,12-13,16,21-23H,2-9,11,14-15,17-18H2,1H3. The van der Waals surface area contributed by atoms with Crippen molar-refractivity contribution in [2.24, 2.45) is 0 Å². The van der Waals surface area contributed by atoms with E-state index in [1.165, 1.54) is 69.8 Å². The number of hydrogen-bond acceptors (Lipinski definition) is 3. The Morgan fingerprint density at radius 3 is 2.42 bits per heavy atom. The van der Waals surface area contributed by atoms with Crippen molar-refractivity contribution in [1.29, 1.82) is 0 Å². The Morgan fingerprint density at radius 2 is 1.69 bits per heavy atom. The number of rotatable bonds is 15. The van der Waals surface area contributed by atoms with Crippen LogP contribution in [0.2, 0.25) is 0 Å². The molecule has 2 fully saturated rings. The van der Waals surface area contributed by atoms with Crippen LogP contribution in [0.25, 0.3) is 0 Å². The molecule has 3 heteroatoms. The minimum atomic E-state index is 0.324. The number of epoxide rings is 2. The van der Waals surface area contributed by atoms with Crippen LogP contribution >= 0.6 is 0 Å². The molecule has 2 heterocycles. The fourth-order valence-electron chi connectivity index (χ4n) is 3.63. The summed E-state index contributed by atoms with van der Waals surface area (Å²) in [5.74, 6) is 0.980. The molecule has 2 saturated heterocycles. The van der Waals surface area contributed by atoms with Crippen molar-refractivity contribution in [2.45, 2.75) is 95.9 Å². The number of benzene rings is 1. The van der Waals surface area contributed by atoms with E-state index in [0.29, 0.717) is 24.9 Å². The summed E-state index contributed by atoms with van der Waals surface area (Å²) < 4.78 is 16.8. The highest BCUT2D eigenvalue weighted by Crippen LogP contribution is 2.31. The van der Waals surface area contributed by atoms with Gasteiger partial charge in [0.25, 0.3) is 0 Å². The molecule has 2 aliphatic heterocycles. The topological polar surface area (TPSA) is 34.3 Å². The molecule has 0 amide bonds. The molecule has 3 atom stereocenters. The van der Waals surface area contributed by atoms with E-state index in [0.717, 1.165) is 18.8 Å². The number of aryl methyl sites for hydroxylation is 1. The zero-order valence-electron chi connectivity index (χ0n) is 16.5. The van der Waals surface area contributed by atoms with Crippen LogP contribution in [0.5, 0.6) is 5.75 Å². The molecule has 3 rings (SSSR count). The lowest BCUT2D eigenvalue weighted by Gasteiger charge is -2.07. The highest BCUT2D eigenvalue weighted by atomic mass is 16.6. The maximum atomic E-state index is 5.81. The lowest BCUT2D eigenvalue weighted by molar-refractivity contribution is 0.263. The molecule has 0 bridgehead atoms. The van der Waals surface area contributed by atoms with Crippen molar-refractivity contribution in [3.8, 4) is 5.75 Å². The molecule has 146 valence electrons. The van der Waals surface area contributed by atoms with Crippen LogP contribution in [0.1, 0.15) is 76.7 Å². The van der Waals surface area contributed by atoms with Crippen molar-refractivity contribution in [2.75, 3.05) is 13.2 Å². The van der Waals surface area contributed by atoms with E-state index in [1.807, 2.05) is 6.07 Å². The molecule has 0 N–H and O–H groups in total. The van der Waals surface area contributed by atoms with Gasteiger partial charge in [-0.2, -0.15) is 0 Å². The summed E-state index contributed by atoms with van der Waals surface area (Å²) in [7, 11) is 0. The van der Waals surface area contributed by atoms with E-state index >= 15 is 0 Å². The van der Waals surface area contributed by atoms with Crippen LogP contribution in [0.15, 0.2) is 24.3 Å². The van der Waals surface area contributed by atoms with Gasteiger partial charge in [0.1, 0.15) is 18.5 Å². The van der Waals surface area contributed by atoms with Gasteiger partial charge in [-0.1, -0.05) is 64.0 Å². The first kappa shape index (κ1) is 19.7. The molecule has 26 heavy (non-hydrogen) atoms. The SMILES string of the molecule is CCCCCCC1OC1CCCCCCc1cccc(OCC2CO2)c1. The average molecular weight is 361 g/mol. The number of unbranched alkanes of at least 4 members (excludes halogenated alkanes) is 6. The third-order valence-electron chi connectivity index (χ3n) is 5.47. The highest BCUT2D eigenvalue weighted by Gasteiger charge is 2.36. The number of ether oxygens (including phenoxy) is 3. The van der Waals surface area contributed by atoms with Crippen molar-refractivity contribution in [1.82, 2.24) is 0 Å². The van der Waals surface area contributed by atoms with Gasteiger partial charge in [-0.25, -0.2) is 0 Å². The lowest BCUT2D eigenvalue weighted by Crippen LogP contribution is -2.04. The second-order valence-electron chi connectivity index (χ2n) is 7.93. The van der Waals surface area contributed by atoms with Gasteiger partial charge in [-0.15, -0.1) is 0 Å². The van der Waals surface area contributed by atoms with Gasteiger partial charge < -0.3 is 14.2 Å². The third kappa shape index (κ3) is 7.67. The van der Waals surface area contributed by atoms with Crippen LogP contribution in [-0.2, 0) is 15.9 Å². The molecule has 0 radical (unpaired) electrons. The summed E-state index contributed by atoms with van der Waals surface area (Å²) in [6, 6.07) is 8.54. The van der Waals surface area contributed by atoms with Crippen LogP contribution < -0.4 is 4.74 Å². The molecule has 2 aliphatic rings. The zero-order valence-corrected chi connectivity index (χ0v) is 16.5. The minimum absolute atomic E-state index is 0.324. The Bertz CT molecular complexity index is 512. The Kier molecular flexibility index (Phi) is 8.28.